The lowest BCUT2D eigenvalue weighted by atomic mass is 9.87. The first-order valence-electron chi connectivity index (χ1n) is 10.2. The van der Waals surface area contributed by atoms with E-state index in [2.05, 4.69) is 19.1 Å². The van der Waals surface area contributed by atoms with Crippen LogP contribution in [0.1, 0.15) is 40.0 Å². The number of carbonyl (C=O) groups is 2. The average molecular weight is 392 g/mol. The van der Waals surface area contributed by atoms with Crippen molar-refractivity contribution in [1.82, 2.24) is 9.80 Å². The van der Waals surface area contributed by atoms with Crippen LogP contribution in [-0.2, 0) is 4.79 Å². The molecule has 29 heavy (non-hydrogen) atoms. The molecule has 2 heterocycles. The first-order valence-corrected chi connectivity index (χ1v) is 10.2. The van der Waals surface area contributed by atoms with Crippen LogP contribution in [0.4, 0.5) is 0 Å². The molecule has 2 aliphatic heterocycles. The van der Waals surface area contributed by atoms with Crippen LogP contribution in [0.5, 0.6) is 5.75 Å². The molecule has 0 saturated carbocycles. The van der Waals surface area contributed by atoms with Crippen molar-refractivity contribution in [2.45, 2.75) is 26.8 Å². The van der Waals surface area contributed by atoms with Gasteiger partial charge in [0.15, 0.2) is 0 Å². The fourth-order valence-electron chi connectivity index (χ4n) is 5.03. The fraction of sp³-hybridized carbons (Fsp3) is 0.417. The normalized spacial score (nSPS) is 23.2. The van der Waals surface area contributed by atoms with Gasteiger partial charge in [-0.2, -0.15) is 0 Å². The highest BCUT2D eigenvalue weighted by Gasteiger charge is 2.49. The molecule has 0 unspecified atom stereocenters. The summed E-state index contributed by atoms with van der Waals surface area (Å²) in [5.41, 5.74) is 4.04. The molecular weight excluding hydrogens is 364 g/mol. The number of likely N-dealkylation sites (tertiary alicyclic amines) is 2. The molecule has 0 aromatic heterocycles. The summed E-state index contributed by atoms with van der Waals surface area (Å²) in [5, 5.41) is 0. The fourth-order valence-corrected chi connectivity index (χ4v) is 5.03. The minimum atomic E-state index is 0.0356. The van der Waals surface area contributed by atoms with E-state index in [1.807, 2.05) is 47.1 Å². The smallest absolute Gasteiger partial charge is 0.254 e. The van der Waals surface area contributed by atoms with E-state index in [-0.39, 0.29) is 23.8 Å². The maximum Gasteiger partial charge on any atom is 0.254 e. The highest BCUT2D eigenvalue weighted by atomic mass is 16.5. The van der Waals surface area contributed by atoms with Crippen LogP contribution in [-0.4, -0.2) is 48.4 Å². The van der Waals surface area contributed by atoms with Crippen molar-refractivity contribution in [3.8, 4) is 5.75 Å². The van der Waals surface area contributed by atoms with Gasteiger partial charge in [-0.25, -0.2) is 0 Å². The maximum atomic E-state index is 13.2. The van der Waals surface area contributed by atoms with Crippen molar-refractivity contribution >= 4 is 11.8 Å². The minimum absolute atomic E-state index is 0.0356. The number of carbonyl (C=O) groups excluding carboxylic acids is 2. The molecule has 4 rings (SSSR count). The second-order valence-corrected chi connectivity index (χ2v) is 8.29. The Morgan fingerprint density at radius 3 is 2.41 bits per heavy atom. The van der Waals surface area contributed by atoms with Gasteiger partial charge >= 0.3 is 0 Å². The van der Waals surface area contributed by atoms with E-state index < -0.39 is 0 Å². The monoisotopic (exact) mass is 392 g/mol. The lowest BCUT2D eigenvalue weighted by molar-refractivity contribution is -0.130. The first kappa shape index (κ1) is 19.5. The number of aryl methyl sites for hydroxylation is 2. The molecule has 2 saturated heterocycles. The van der Waals surface area contributed by atoms with Gasteiger partial charge in [0.2, 0.25) is 5.91 Å². The quantitative estimate of drug-likeness (QED) is 0.802. The van der Waals surface area contributed by atoms with Gasteiger partial charge in [0, 0.05) is 44.0 Å². The van der Waals surface area contributed by atoms with Gasteiger partial charge in [0.25, 0.3) is 5.91 Å². The van der Waals surface area contributed by atoms with Gasteiger partial charge in [0.05, 0.1) is 13.2 Å². The van der Waals surface area contributed by atoms with Crippen molar-refractivity contribution in [1.29, 1.82) is 0 Å². The zero-order valence-corrected chi connectivity index (χ0v) is 17.5. The second-order valence-electron chi connectivity index (χ2n) is 8.29. The molecule has 0 bridgehead atoms. The Bertz CT molecular complexity index is 955. The van der Waals surface area contributed by atoms with Crippen molar-refractivity contribution in [3.05, 3.63) is 64.7 Å². The van der Waals surface area contributed by atoms with Crippen molar-refractivity contribution in [3.63, 3.8) is 0 Å². The first-order chi connectivity index (χ1) is 13.9. The third-order valence-electron chi connectivity index (χ3n) is 6.53. The molecule has 2 aromatic carbocycles. The van der Waals surface area contributed by atoms with Crippen LogP contribution in [0.3, 0.4) is 0 Å². The summed E-state index contributed by atoms with van der Waals surface area (Å²) in [5.74, 6) is 1.51. The standard InChI is InChI=1S/C24H28N2O3/c1-15-7-5-6-8-20(15)23-22-14-25(12-18(22)13-26(23)17(3)27)24(28)21-10-9-19(29-4)11-16(21)2/h5-11,18,22-23H,12-14H2,1-4H3/t18-,22-,23-/m1/s1. The zero-order valence-electron chi connectivity index (χ0n) is 17.5. The number of nitrogens with zero attached hydrogens (tertiary/aromatic N) is 2. The van der Waals surface area contributed by atoms with Crippen LogP contribution in [0.2, 0.25) is 0 Å². The van der Waals surface area contributed by atoms with Crippen molar-refractivity contribution < 1.29 is 14.3 Å². The largest absolute Gasteiger partial charge is 0.497 e. The Hall–Kier alpha value is -2.82. The van der Waals surface area contributed by atoms with E-state index in [1.165, 1.54) is 11.1 Å². The van der Waals surface area contributed by atoms with E-state index >= 15 is 0 Å². The van der Waals surface area contributed by atoms with E-state index in [4.69, 9.17) is 4.74 Å². The Kier molecular flexibility index (Phi) is 5.07. The number of hydrogen-bond acceptors (Lipinski definition) is 3. The number of hydrogen-bond donors (Lipinski definition) is 0. The lowest BCUT2D eigenvalue weighted by Gasteiger charge is -2.30. The number of ether oxygens (including phenoxy) is 1. The molecule has 2 aromatic rings. The Morgan fingerprint density at radius 1 is 1.00 bits per heavy atom. The maximum absolute atomic E-state index is 13.2. The third-order valence-corrected chi connectivity index (χ3v) is 6.53. The number of amides is 2. The van der Waals surface area contributed by atoms with E-state index in [0.29, 0.717) is 25.6 Å². The van der Waals surface area contributed by atoms with Crippen LogP contribution in [0, 0.1) is 25.7 Å². The molecule has 152 valence electrons. The molecule has 2 amide bonds. The van der Waals surface area contributed by atoms with Crippen LogP contribution < -0.4 is 4.74 Å². The SMILES string of the molecule is COc1ccc(C(=O)N2C[C@@H]3CN(C(C)=O)[C@H](c4ccccc4C)[C@@H]3C2)c(C)c1. The third kappa shape index (κ3) is 3.39. The highest BCUT2D eigenvalue weighted by molar-refractivity contribution is 5.96. The summed E-state index contributed by atoms with van der Waals surface area (Å²) < 4.78 is 5.26. The van der Waals surface area contributed by atoms with Gasteiger partial charge in [0.1, 0.15) is 5.75 Å². The number of methoxy groups -OCH3 is 1. The summed E-state index contributed by atoms with van der Waals surface area (Å²) in [7, 11) is 1.63. The summed E-state index contributed by atoms with van der Waals surface area (Å²) in [6.07, 6.45) is 0. The van der Waals surface area contributed by atoms with Gasteiger partial charge in [-0.1, -0.05) is 24.3 Å². The van der Waals surface area contributed by atoms with Crippen LogP contribution >= 0.6 is 0 Å². The number of fused-ring (bicyclic) bond motifs is 1. The van der Waals surface area contributed by atoms with Gasteiger partial charge < -0.3 is 14.5 Å². The second kappa shape index (κ2) is 7.54. The molecule has 5 nitrogen and oxygen atoms in total. The Labute approximate surface area is 172 Å². The molecular formula is C24H28N2O3. The zero-order chi connectivity index (χ0) is 20.7. The van der Waals surface area contributed by atoms with Gasteiger partial charge in [-0.05, 0) is 48.7 Å². The summed E-state index contributed by atoms with van der Waals surface area (Å²) in [6, 6.07) is 13.9. The van der Waals surface area contributed by atoms with Crippen molar-refractivity contribution in [2.24, 2.45) is 11.8 Å². The van der Waals surface area contributed by atoms with E-state index in [1.54, 1.807) is 14.0 Å². The highest BCUT2D eigenvalue weighted by Crippen LogP contribution is 2.46. The predicted molar refractivity (Wildman–Crippen MR) is 112 cm³/mol. The molecule has 0 aliphatic carbocycles. The summed E-state index contributed by atoms with van der Waals surface area (Å²) >= 11 is 0. The number of benzene rings is 2. The topological polar surface area (TPSA) is 49.9 Å². The van der Waals surface area contributed by atoms with E-state index in [0.717, 1.165) is 16.9 Å². The van der Waals surface area contributed by atoms with Crippen LogP contribution in [0.25, 0.3) is 0 Å². The molecule has 0 spiro atoms. The molecule has 5 heteroatoms. The van der Waals surface area contributed by atoms with Gasteiger partial charge in [-0.15, -0.1) is 0 Å². The van der Waals surface area contributed by atoms with E-state index in [9.17, 15) is 9.59 Å². The average Bonchev–Trinajstić information content (AvgIpc) is 3.26. The predicted octanol–water partition coefficient (Wildman–Crippen LogP) is 3.60. The Balaban J connectivity index is 1.60. The Morgan fingerprint density at radius 2 is 1.76 bits per heavy atom. The minimum Gasteiger partial charge on any atom is -0.497 e. The van der Waals surface area contributed by atoms with Crippen LogP contribution in [0.15, 0.2) is 42.5 Å². The summed E-state index contributed by atoms with van der Waals surface area (Å²) in [4.78, 5) is 29.5. The van der Waals surface area contributed by atoms with Crippen molar-refractivity contribution in [2.75, 3.05) is 26.7 Å². The number of rotatable bonds is 3. The molecule has 0 radical (unpaired) electrons. The molecule has 0 N–H and O–H groups in total. The van der Waals surface area contributed by atoms with Gasteiger partial charge in [-0.3, -0.25) is 9.59 Å². The molecule has 2 fully saturated rings. The molecule has 3 atom stereocenters. The lowest BCUT2D eigenvalue weighted by Crippen LogP contribution is -2.36. The molecule has 2 aliphatic rings. The summed E-state index contributed by atoms with van der Waals surface area (Å²) in [6.45, 7) is 7.78.